The zero-order chi connectivity index (χ0) is 13.1. The second-order valence-electron chi connectivity index (χ2n) is 4.03. The minimum atomic E-state index is -0.525. The van der Waals surface area contributed by atoms with Gasteiger partial charge in [0, 0.05) is 16.6 Å². The molecule has 5 heteroatoms. The van der Waals surface area contributed by atoms with Crippen molar-refractivity contribution in [2.75, 3.05) is 5.32 Å². The largest absolute Gasteiger partial charge is 0.323 e. The van der Waals surface area contributed by atoms with Gasteiger partial charge in [0.15, 0.2) is 0 Å². The van der Waals surface area contributed by atoms with E-state index in [4.69, 9.17) is 17.3 Å². The first-order valence-electron chi connectivity index (χ1n) is 5.72. The normalized spacial score (nSPS) is 12.4. The smallest absolute Gasteiger partial charge is 0.241 e. The molecule has 1 atom stereocenters. The first-order valence-corrected chi connectivity index (χ1v) is 6.10. The molecular formula is C13H14ClN3O. The molecule has 0 saturated heterocycles. The number of nitrogens with zero attached hydrogens (tertiary/aromatic N) is 1. The number of nitrogens with two attached hydrogens (primary N) is 1. The third kappa shape index (κ3) is 2.60. The third-order valence-electron chi connectivity index (χ3n) is 2.70. The van der Waals surface area contributed by atoms with Gasteiger partial charge in [0.2, 0.25) is 5.91 Å². The van der Waals surface area contributed by atoms with E-state index < -0.39 is 6.04 Å². The minimum Gasteiger partial charge on any atom is -0.323 e. The molecule has 0 aliphatic heterocycles. The lowest BCUT2D eigenvalue weighted by Crippen LogP contribution is -2.34. The highest BCUT2D eigenvalue weighted by Crippen LogP contribution is 2.26. The van der Waals surface area contributed by atoms with E-state index in [0.29, 0.717) is 22.6 Å². The van der Waals surface area contributed by atoms with E-state index in [1.165, 1.54) is 0 Å². The fraction of sp³-hybridized carbons (Fsp3) is 0.231. The number of nitrogens with one attached hydrogen (secondary N) is 1. The molecule has 1 amide bonds. The summed E-state index contributed by atoms with van der Waals surface area (Å²) in [6.45, 7) is 1.86. The predicted molar refractivity (Wildman–Crippen MR) is 73.6 cm³/mol. The molecule has 4 nitrogen and oxygen atoms in total. The second-order valence-corrected chi connectivity index (χ2v) is 4.47. The van der Waals surface area contributed by atoms with Crippen molar-refractivity contribution in [2.45, 2.75) is 19.4 Å². The van der Waals surface area contributed by atoms with Crippen molar-refractivity contribution in [2.24, 2.45) is 5.73 Å². The van der Waals surface area contributed by atoms with E-state index in [-0.39, 0.29) is 5.91 Å². The van der Waals surface area contributed by atoms with Crippen LogP contribution < -0.4 is 11.1 Å². The van der Waals surface area contributed by atoms with Crippen LogP contribution in [-0.2, 0) is 4.79 Å². The van der Waals surface area contributed by atoms with E-state index in [9.17, 15) is 4.79 Å². The van der Waals surface area contributed by atoms with E-state index in [2.05, 4.69) is 10.3 Å². The number of hydrogen-bond donors (Lipinski definition) is 2. The molecule has 2 rings (SSSR count). The van der Waals surface area contributed by atoms with Crippen molar-refractivity contribution >= 4 is 34.1 Å². The molecule has 0 saturated carbocycles. The quantitative estimate of drug-likeness (QED) is 0.894. The van der Waals surface area contributed by atoms with Gasteiger partial charge in [-0.05, 0) is 24.6 Å². The summed E-state index contributed by atoms with van der Waals surface area (Å²) in [7, 11) is 0. The maximum atomic E-state index is 11.8. The van der Waals surface area contributed by atoms with Gasteiger partial charge in [-0.3, -0.25) is 9.78 Å². The fourth-order valence-corrected chi connectivity index (χ4v) is 1.89. The molecule has 94 valence electrons. The van der Waals surface area contributed by atoms with E-state index in [1.54, 1.807) is 18.3 Å². The molecule has 18 heavy (non-hydrogen) atoms. The van der Waals surface area contributed by atoms with Crippen molar-refractivity contribution in [1.29, 1.82) is 0 Å². The monoisotopic (exact) mass is 263 g/mol. The number of rotatable bonds is 3. The van der Waals surface area contributed by atoms with Gasteiger partial charge in [-0.1, -0.05) is 24.6 Å². The summed E-state index contributed by atoms with van der Waals surface area (Å²) in [6, 6.07) is 6.67. The average molecular weight is 264 g/mol. The molecule has 2 aromatic rings. The summed E-state index contributed by atoms with van der Waals surface area (Å²) in [5, 5.41) is 4.20. The van der Waals surface area contributed by atoms with Gasteiger partial charge in [-0.15, -0.1) is 0 Å². The van der Waals surface area contributed by atoms with E-state index in [0.717, 1.165) is 5.39 Å². The number of pyridine rings is 1. The highest BCUT2D eigenvalue weighted by molar-refractivity contribution is 6.32. The SMILES string of the molecule is CCC(N)C(=O)Nc1cc(Cl)cc2cccnc12. The van der Waals surface area contributed by atoms with Crippen molar-refractivity contribution in [3.05, 3.63) is 35.5 Å². The van der Waals surface area contributed by atoms with Gasteiger partial charge in [-0.2, -0.15) is 0 Å². The number of hydrogen-bond acceptors (Lipinski definition) is 3. The molecule has 1 unspecified atom stereocenters. The first-order chi connectivity index (χ1) is 8.61. The molecule has 0 radical (unpaired) electrons. The molecule has 1 aromatic carbocycles. The highest BCUT2D eigenvalue weighted by atomic mass is 35.5. The van der Waals surface area contributed by atoms with Crippen LogP contribution in [0.5, 0.6) is 0 Å². The Kier molecular flexibility index (Phi) is 3.79. The Hall–Kier alpha value is -1.65. The number of amides is 1. The Balaban J connectivity index is 2.41. The van der Waals surface area contributed by atoms with Gasteiger partial charge >= 0.3 is 0 Å². The first kappa shape index (κ1) is 12.8. The Labute approximate surface area is 110 Å². The number of anilines is 1. The molecule has 0 spiro atoms. The molecule has 0 aliphatic rings. The minimum absolute atomic E-state index is 0.230. The molecular weight excluding hydrogens is 250 g/mol. The van der Waals surface area contributed by atoms with Gasteiger partial charge in [0.1, 0.15) is 0 Å². The lowest BCUT2D eigenvalue weighted by atomic mass is 10.1. The van der Waals surface area contributed by atoms with Crippen LogP contribution in [0.15, 0.2) is 30.5 Å². The summed E-state index contributed by atoms with van der Waals surface area (Å²) < 4.78 is 0. The summed E-state index contributed by atoms with van der Waals surface area (Å²) in [6.07, 6.45) is 2.25. The molecule has 0 aliphatic carbocycles. The van der Waals surface area contributed by atoms with Crippen LogP contribution in [0.1, 0.15) is 13.3 Å². The van der Waals surface area contributed by atoms with Crippen molar-refractivity contribution < 1.29 is 4.79 Å². The number of carbonyl (C=O) groups is 1. The number of aromatic nitrogens is 1. The third-order valence-corrected chi connectivity index (χ3v) is 2.92. The number of fused-ring (bicyclic) bond motifs is 1. The van der Waals surface area contributed by atoms with Crippen LogP contribution in [0.4, 0.5) is 5.69 Å². The van der Waals surface area contributed by atoms with Gasteiger partial charge in [-0.25, -0.2) is 0 Å². The lowest BCUT2D eigenvalue weighted by Gasteiger charge is -2.12. The van der Waals surface area contributed by atoms with Crippen LogP contribution in [0, 0.1) is 0 Å². The number of halogens is 1. The second kappa shape index (κ2) is 5.33. The van der Waals surface area contributed by atoms with E-state index >= 15 is 0 Å². The summed E-state index contributed by atoms with van der Waals surface area (Å²) in [5.74, 6) is -0.230. The summed E-state index contributed by atoms with van der Waals surface area (Å²) in [5.41, 5.74) is 6.98. The molecule has 1 aromatic heterocycles. The van der Waals surface area contributed by atoms with Gasteiger partial charge in [0.05, 0.1) is 17.2 Å². The van der Waals surface area contributed by atoms with Gasteiger partial charge < -0.3 is 11.1 Å². The topological polar surface area (TPSA) is 68.0 Å². The Morgan fingerprint density at radius 2 is 2.33 bits per heavy atom. The summed E-state index contributed by atoms with van der Waals surface area (Å²) in [4.78, 5) is 16.0. The van der Waals surface area contributed by atoms with Gasteiger partial charge in [0.25, 0.3) is 0 Å². The maximum absolute atomic E-state index is 11.8. The van der Waals surface area contributed by atoms with Crippen molar-refractivity contribution in [3.63, 3.8) is 0 Å². The standard InChI is InChI=1S/C13H14ClN3O/c1-2-10(15)13(18)17-11-7-9(14)6-8-4-3-5-16-12(8)11/h3-7,10H,2,15H2,1H3,(H,17,18). The van der Waals surface area contributed by atoms with E-state index in [1.807, 2.05) is 19.1 Å². The zero-order valence-corrected chi connectivity index (χ0v) is 10.7. The van der Waals surface area contributed by atoms with Crippen LogP contribution in [0.25, 0.3) is 10.9 Å². The predicted octanol–water partition coefficient (Wildman–Crippen LogP) is 2.56. The van der Waals surface area contributed by atoms with Crippen LogP contribution in [0.2, 0.25) is 5.02 Å². The van der Waals surface area contributed by atoms with Crippen molar-refractivity contribution in [3.8, 4) is 0 Å². The molecule has 1 heterocycles. The number of benzene rings is 1. The zero-order valence-electron chi connectivity index (χ0n) is 9.98. The number of carbonyl (C=O) groups excluding carboxylic acids is 1. The van der Waals surface area contributed by atoms with Crippen molar-refractivity contribution in [1.82, 2.24) is 4.98 Å². The fourth-order valence-electron chi connectivity index (χ4n) is 1.66. The lowest BCUT2D eigenvalue weighted by molar-refractivity contribution is -0.117. The Morgan fingerprint density at radius 1 is 1.56 bits per heavy atom. The highest BCUT2D eigenvalue weighted by Gasteiger charge is 2.13. The molecule has 3 N–H and O–H groups in total. The summed E-state index contributed by atoms with van der Waals surface area (Å²) >= 11 is 6.01. The Bertz CT molecular complexity index is 585. The van der Waals surface area contributed by atoms with Crippen LogP contribution in [0.3, 0.4) is 0 Å². The maximum Gasteiger partial charge on any atom is 0.241 e. The average Bonchev–Trinajstić information content (AvgIpc) is 2.37. The van der Waals surface area contributed by atoms with Crippen LogP contribution >= 0.6 is 11.6 Å². The Morgan fingerprint density at radius 3 is 3.06 bits per heavy atom. The molecule has 0 bridgehead atoms. The van der Waals surface area contributed by atoms with Crippen LogP contribution in [-0.4, -0.2) is 16.9 Å². The molecule has 0 fully saturated rings.